The Hall–Kier alpha value is -3.36. The van der Waals surface area contributed by atoms with Crippen molar-refractivity contribution in [3.63, 3.8) is 0 Å². The highest BCUT2D eigenvalue weighted by molar-refractivity contribution is 6.41. The fraction of sp³-hybridized carbons (Fsp3) is 0.316. The van der Waals surface area contributed by atoms with E-state index in [1.165, 1.54) is 17.7 Å². The third-order valence-electron chi connectivity index (χ3n) is 4.42. The van der Waals surface area contributed by atoms with Crippen LogP contribution < -0.4 is 0 Å². The van der Waals surface area contributed by atoms with E-state index in [4.69, 9.17) is 9.26 Å². The number of carbonyl (C=O) groups is 2. The number of esters is 1. The van der Waals surface area contributed by atoms with Crippen LogP contribution >= 0.6 is 0 Å². The maximum absolute atomic E-state index is 13.7. The van der Waals surface area contributed by atoms with Crippen LogP contribution in [0.25, 0.3) is 11.4 Å². The van der Waals surface area contributed by atoms with E-state index >= 15 is 0 Å². The number of hydrogen-bond acceptors (Lipinski definition) is 7. The van der Waals surface area contributed by atoms with Gasteiger partial charge in [0.2, 0.25) is 5.82 Å². The van der Waals surface area contributed by atoms with Crippen LogP contribution in [0.15, 0.2) is 22.7 Å². The number of rotatable bonds is 5. The second kappa shape index (κ2) is 7.34. The Bertz CT molecular complexity index is 1070. The number of carbonyl (C=O) groups excluding carboxylic acids is 2. The SMILES string of the molecule is Cc1ccc(-c2noc(C(C)OC(=O)C(=O)c3c(C)nn(C)c3C)n2)cc1F. The first kappa shape index (κ1) is 19.4. The van der Waals surface area contributed by atoms with Crippen molar-refractivity contribution in [2.24, 2.45) is 7.05 Å². The molecule has 1 unspecified atom stereocenters. The van der Waals surface area contributed by atoms with E-state index in [2.05, 4.69) is 15.2 Å². The zero-order chi connectivity index (χ0) is 20.6. The third kappa shape index (κ3) is 3.55. The van der Waals surface area contributed by atoms with Gasteiger partial charge in [0.15, 0.2) is 6.10 Å². The van der Waals surface area contributed by atoms with Crippen molar-refractivity contribution in [2.75, 3.05) is 0 Å². The molecule has 0 amide bonds. The number of ketones is 1. The second-order valence-electron chi connectivity index (χ2n) is 6.47. The van der Waals surface area contributed by atoms with Crippen molar-refractivity contribution in [3.05, 3.63) is 52.4 Å². The van der Waals surface area contributed by atoms with Gasteiger partial charge in [-0.3, -0.25) is 9.48 Å². The van der Waals surface area contributed by atoms with Crippen LogP contribution in [0, 0.1) is 26.6 Å². The fourth-order valence-electron chi connectivity index (χ4n) is 2.72. The van der Waals surface area contributed by atoms with E-state index in [0.717, 1.165) is 0 Å². The summed E-state index contributed by atoms with van der Waals surface area (Å²) in [6.07, 6.45) is -0.953. The predicted molar refractivity (Wildman–Crippen MR) is 95.9 cm³/mol. The van der Waals surface area contributed by atoms with Gasteiger partial charge in [-0.25, -0.2) is 9.18 Å². The normalized spacial score (nSPS) is 12.1. The first-order valence-corrected chi connectivity index (χ1v) is 8.54. The molecular formula is C19H19FN4O4. The summed E-state index contributed by atoms with van der Waals surface area (Å²) in [5.41, 5.74) is 2.13. The first-order chi connectivity index (χ1) is 13.2. The zero-order valence-corrected chi connectivity index (χ0v) is 16.1. The largest absolute Gasteiger partial charge is 0.447 e. The highest BCUT2D eigenvalue weighted by atomic mass is 19.1. The van der Waals surface area contributed by atoms with E-state index in [0.29, 0.717) is 22.5 Å². The average Bonchev–Trinajstić information content (AvgIpc) is 3.22. The number of ether oxygens (including phenoxy) is 1. The summed E-state index contributed by atoms with van der Waals surface area (Å²) in [4.78, 5) is 28.8. The van der Waals surface area contributed by atoms with Gasteiger partial charge in [0.05, 0.1) is 11.3 Å². The second-order valence-corrected chi connectivity index (χ2v) is 6.47. The molecule has 0 spiro atoms. The lowest BCUT2D eigenvalue weighted by molar-refractivity contribution is -0.143. The molecular weight excluding hydrogens is 367 g/mol. The monoisotopic (exact) mass is 386 g/mol. The van der Waals surface area contributed by atoms with E-state index < -0.39 is 23.7 Å². The van der Waals surface area contributed by atoms with Crippen molar-refractivity contribution < 1.29 is 23.2 Å². The number of benzene rings is 1. The van der Waals surface area contributed by atoms with Gasteiger partial charge in [-0.05, 0) is 39.3 Å². The Morgan fingerprint density at radius 1 is 1.25 bits per heavy atom. The molecule has 1 aromatic carbocycles. The minimum Gasteiger partial charge on any atom is -0.447 e. The molecule has 3 aromatic rings. The summed E-state index contributed by atoms with van der Waals surface area (Å²) >= 11 is 0. The van der Waals surface area contributed by atoms with Gasteiger partial charge in [-0.2, -0.15) is 10.1 Å². The summed E-state index contributed by atoms with van der Waals surface area (Å²) in [5, 5.41) is 7.90. The number of aryl methyl sites for hydroxylation is 3. The molecule has 0 aliphatic rings. The highest BCUT2D eigenvalue weighted by Crippen LogP contribution is 2.23. The molecule has 2 heterocycles. The van der Waals surface area contributed by atoms with Crippen LogP contribution in [0.5, 0.6) is 0 Å². The molecule has 9 heteroatoms. The lowest BCUT2D eigenvalue weighted by Gasteiger charge is -2.08. The van der Waals surface area contributed by atoms with Gasteiger partial charge in [0.25, 0.3) is 11.7 Å². The van der Waals surface area contributed by atoms with Crippen LogP contribution in [0.4, 0.5) is 4.39 Å². The number of hydrogen-bond donors (Lipinski definition) is 0. The third-order valence-corrected chi connectivity index (χ3v) is 4.42. The van der Waals surface area contributed by atoms with E-state index in [1.54, 1.807) is 40.0 Å². The minimum atomic E-state index is -1.05. The van der Waals surface area contributed by atoms with Crippen molar-refractivity contribution in [3.8, 4) is 11.4 Å². The highest BCUT2D eigenvalue weighted by Gasteiger charge is 2.28. The van der Waals surface area contributed by atoms with Crippen LogP contribution in [0.3, 0.4) is 0 Å². The molecule has 8 nitrogen and oxygen atoms in total. The topological polar surface area (TPSA) is 100 Å². The fourth-order valence-corrected chi connectivity index (χ4v) is 2.72. The van der Waals surface area contributed by atoms with E-state index in [1.807, 2.05) is 0 Å². The Kier molecular flexibility index (Phi) is 5.08. The molecule has 0 N–H and O–H groups in total. The maximum Gasteiger partial charge on any atom is 0.380 e. The van der Waals surface area contributed by atoms with Crippen molar-refractivity contribution >= 4 is 11.8 Å². The standard InChI is InChI=1S/C19H19FN4O4/c1-9-6-7-13(8-14(9)20)17-21-18(28-23-17)12(4)27-19(26)16(25)15-10(2)22-24(5)11(15)3/h6-8,12H,1-5H3. The smallest absolute Gasteiger partial charge is 0.380 e. The average molecular weight is 386 g/mol. The number of aromatic nitrogens is 4. The van der Waals surface area contributed by atoms with Gasteiger partial charge in [-0.1, -0.05) is 17.3 Å². The molecule has 3 rings (SSSR count). The van der Waals surface area contributed by atoms with Crippen LogP contribution in [-0.4, -0.2) is 31.7 Å². The van der Waals surface area contributed by atoms with Crippen LogP contribution in [0.2, 0.25) is 0 Å². The summed E-state index contributed by atoms with van der Waals surface area (Å²) in [5.74, 6) is -2.09. The lowest BCUT2D eigenvalue weighted by Crippen LogP contribution is -2.21. The van der Waals surface area contributed by atoms with Gasteiger partial charge in [0, 0.05) is 18.3 Å². The van der Waals surface area contributed by atoms with Gasteiger partial charge < -0.3 is 9.26 Å². The maximum atomic E-state index is 13.7. The molecule has 2 aromatic heterocycles. The number of nitrogens with zero attached hydrogens (tertiary/aromatic N) is 4. The zero-order valence-electron chi connectivity index (χ0n) is 16.1. The Morgan fingerprint density at radius 2 is 1.96 bits per heavy atom. The van der Waals surface area contributed by atoms with Crippen molar-refractivity contribution in [1.29, 1.82) is 0 Å². The Labute approximate surface area is 160 Å². The summed E-state index contributed by atoms with van der Waals surface area (Å²) in [7, 11) is 1.68. The molecule has 0 aliphatic heterocycles. The van der Waals surface area contributed by atoms with Crippen molar-refractivity contribution in [2.45, 2.75) is 33.8 Å². The minimum absolute atomic E-state index is 0.00300. The first-order valence-electron chi connectivity index (χ1n) is 8.54. The van der Waals surface area contributed by atoms with Gasteiger partial charge in [-0.15, -0.1) is 0 Å². The van der Waals surface area contributed by atoms with E-state index in [-0.39, 0.29) is 17.3 Å². The predicted octanol–water partition coefficient (Wildman–Crippen LogP) is 3.02. The number of Topliss-reactive ketones (excluding diaryl/α,β-unsaturated/α-hetero) is 1. The Balaban J connectivity index is 1.75. The van der Waals surface area contributed by atoms with Crippen molar-refractivity contribution in [1.82, 2.24) is 19.9 Å². The Morgan fingerprint density at radius 3 is 2.57 bits per heavy atom. The molecule has 28 heavy (non-hydrogen) atoms. The number of halogens is 1. The summed E-state index contributed by atoms with van der Waals surface area (Å²) in [6.45, 7) is 6.48. The van der Waals surface area contributed by atoms with Gasteiger partial charge >= 0.3 is 5.97 Å². The molecule has 1 atom stereocenters. The molecule has 146 valence electrons. The summed E-state index contributed by atoms with van der Waals surface area (Å²) < 4.78 is 25.5. The summed E-state index contributed by atoms with van der Waals surface area (Å²) in [6, 6.07) is 4.54. The lowest BCUT2D eigenvalue weighted by atomic mass is 10.1. The van der Waals surface area contributed by atoms with Crippen LogP contribution in [0.1, 0.15) is 46.2 Å². The molecule has 0 radical (unpaired) electrons. The molecule has 0 bridgehead atoms. The van der Waals surface area contributed by atoms with Crippen LogP contribution in [-0.2, 0) is 16.6 Å². The molecule has 0 saturated heterocycles. The molecule has 0 aliphatic carbocycles. The van der Waals surface area contributed by atoms with E-state index in [9.17, 15) is 14.0 Å². The van der Waals surface area contributed by atoms with Gasteiger partial charge in [0.1, 0.15) is 5.82 Å². The molecule has 0 fully saturated rings. The quantitative estimate of drug-likeness (QED) is 0.377. The molecule has 0 saturated carbocycles.